The zero-order chi connectivity index (χ0) is 20.3. The number of aromatic nitrogens is 2. The number of morpholine rings is 1. The van der Waals surface area contributed by atoms with Crippen molar-refractivity contribution in [1.29, 1.82) is 0 Å². The fourth-order valence-corrected chi connectivity index (χ4v) is 5.88. The topological polar surface area (TPSA) is 93.5 Å². The van der Waals surface area contributed by atoms with Gasteiger partial charge in [0.05, 0.1) is 18.9 Å². The van der Waals surface area contributed by atoms with Gasteiger partial charge in [-0.05, 0) is 37.3 Å². The van der Waals surface area contributed by atoms with E-state index in [1.165, 1.54) is 10.4 Å². The van der Waals surface area contributed by atoms with Crippen molar-refractivity contribution in [2.75, 3.05) is 32.8 Å². The number of carbonyl (C=O) groups excluding carboxylic acids is 1. The molecule has 8 nitrogen and oxygen atoms in total. The van der Waals surface area contributed by atoms with Gasteiger partial charge >= 0.3 is 0 Å². The number of sulfonamides is 1. The zero-order valence-corrected chi connectivity index (χ0v) is 18.0. The molecular weight excluding hydrogens is 400 g/mol. The summed E-state index contributed by atoms with van der Waals surface area (Å²) in [5, 5.41) is 8.95. The molecule has 1 aliphatic rings. The van der Waals surface area contributed by atoms with Crippen LogP contribution in [0.4, 0.5) is 0 Å². The van der Waals surface area contributed by atoms with Gasteiger partial charge in [0.1, 0.15) is 9.77 Å². The predicted octanol–water partition coefficient (Wildman–Crippen LogP) is 1.65. The highest BCUT2D eigenvalue weighted by Crippen LogP contribution is 2.26. The van der Waals surface area contributed by atoms with Gasteiger partial charge in [-0.25, -0.2) is 8.42 Å². The summed E-state index contributed by atoms with van der Waals surface area (Å²) in [6.07, 6.45) is 0. The molecule has 1 aliphatic heterocycles. The van der Waals surface area contributed by atoms with Gasteiger partial charge in [0.15, 0.2) is 0 Å². The SMILES string of the molecule is Cc1cc(C)n(C[C@@H](C)CNC(=O)c2sccc2S(=O)(=O)N2CCOCC2)n1. The summed E-state index contributed by atoms with van der Waals surface area (Å²) in [5.74, 6) is -0.205. The monoisotopic (exact) mass is 426 g/mol. The summed E-state index contributed by atoms with van der Waals surface area (Å²) in [5.41, 5.74) is 2.04. The van der Waals surface area contributed by atoms with Crippen molar-refractivity contribution >= 4 is 27.3 Å². The number of thiophene rings is 1. The van der Waals surface area contributed by atoms with Crippen molar-refractivity contribution in [1.82, 2.24) is 19.4 Å². The van der Waals surface area contributed by atoms with Crippen molar-refractivity contribution in [2.24, 2.45) is 5.92 Å². The van der Waals surface area contributed by atoms with Crippen molar-refractivity contribution in [2.45, 2.75) is 32.2 Å². The Kier molecular flexibility index (Phi) is 6.54. The molecule has 0 radical (unpaired) electrons. The Labute approximate surface area is 169 Å². The average Bonchev–Trinajstić information content (AvgIpc) is 3.27. The summed E-state index contributed by atoms with van der Waals surface area (Å²) in [4.78, 5) is 13.0. The second kappa shape index (κ2) is 8.73. The minimum atomic E-state index is -3.70. The number of nitrogens with zero attached hydrogens (tertiary/aromatic N) is 3. The quantitative estimate of drug-likeness (QED) is 0.727. The maximum absolute atomic E-state index is 12.9. The van der Waals surface area contributed by atoms with Gasteiger partial charge in [-0.3, -0.25) is 9.48 Å². The summed E-state index contributed by atoms with van der Waals surface area (Å²) >= 11 is 1.14. The lowest BCUT2D eigenvalue weighted by Crippen LogP contribution is -2.41. The third-order valence-corrected chi connectivity index (χ3v) is 7.61. The highest BCUT2D eigenvalue weighted by molar-refractivity contribution is 7.89. The zero-order valence-electron chi connectivity index (χ0n) is 16.3. The van der Waals surface area contributed by atoms with Gasteiger partial charge in [0.2, 0.25) is 10.0 Å². The Morgan fingerprint density at radius 2 is 2.07 bits per heavy atom. The van der Waals surface area contributed by atoms with E-state index in [4.69, 9.17) is 4.74 Å². The van der Waals surface area contributed by atoms with Crippen LogP contribution in [0.5, 0.6) is 0 Å². The average molecular weight is 427 g/mol. The Morgan fingerprint density at radius 1 is 1.36 bits per heavy atom. The van der Waals surface area contributed by atoms with Crippen LogP contribution in [0.2, 0.25) is 0 Å². The third kappa shape index (κ3) is 4.62. The summed E-state index contributed by atoms with van der Waals surface area (Å²) < 4.78 is 34.3. The number of ether oxygens (including phenoxy) is 1. The van der Waals surface area contributed by atoms with Crippen LogP contribution in [0, 0.1) is 19.8 Å². The van der Waals surface area contributed by atoms with E-state index in [1.54, 1.807) is 5.38 Å². The van der Waals surface area contributed by atoms with Crippen LogP contribution in [0.15, 0.2) is 22.4 Å². The van der Waals surface area contributed by atoms with E-state index >= 15 is 0 Å². The molecule has 1 atom stereocenters. The first kappa shape index (κ1) is 21.0. The lowest BCUT2D eigenvalue weighted by Gasteiger charge is -2.26. The molecule has 1 amide bonds. The normalized spacial score (nSPS) is 16.8. The van der Waals surface area contributed by atoms with E-state index in [9.17, 15) is 13.2 Å². The van der Waals surface area contributed by atoms with E-state index in [-0.39, 0.29) is 21.6 Å². The van der Waals surface area contributed by atoms with Crippen LogP contribution in [0.25, 0.3) is 0 Å². The molecule has 1 saturated heterocycles. The Hall–Kier alpha value is -1.75. The van der Waals surface area contributed by atoms with Gasteiger partial charge in [-0.2, -0.15) is 9.40 Å². The Balaban J connectivity index is 1.64. The first-order valence-corrected chi connectivity index (χ1v) is 11.6. The molecule has 0 aliphatic carbocycles. The highest BCUT2D eigenvalue weighted by atomic mass is 32.2. The molecule has 1 fully saturated rings. The molecule has 154 valence electrons. The molecule has 3 rings (SSSR count). The van der Waals surface area contributed by atoms with Gasteiger partial charge in [0, 0.05) is 31.9 Å². The minimum Gasteiger partial charge on any atom is -0.379 e. The van der Waals surface area contributed by atoms with E-state index in [2.05, 4.69) is 10.4 Å². The Bertz CT molecular complexity index is 929. The van der Waals surface area contributed by atoms with E-state index in [1.807, 2.05) is 31.5 Å². The lowest BCUT2D eigenvalue weighted by molar-refractivity contribution is 0.0730. The number of amides is 1. The number of carbonyl (C=O) groups is 1. The third-order valence-electron chi connectivity index (χ3n) is 4.62. The molecule has 0 unspecified atom stereocenters. The molecule has 0 bridgehead atoms. The van der Waals surface area contributed by atoms with E-state index in [0.29, 0.717) is 39.4 Å². The van der Waals surface area contributed by atoms with Gasteiger partial charge in [-0.1, -0.05) is 6.92 Å². The molecule has 0 aromatic carbocycles. The number of nitrogens with one attached hydrogen (secondary N) is 1. The molecule has 0 saturated carbocycles. The van der Waals surface area contributed by atoms with Crippen LogP contribution in [0.3, 0.4) is 0 Å². The standard InChI is InChI=1S/C18H26N4O4S2/c1-13(12-22-15(3)10-14(2)20-22)11-19-18(23)17-16(4-9-27-17)28(24,25)21-5-7-26-8-6-21/h4,9-10,13H,5-8,11-12H2,1-3H3,(H,19,23)/t13-/m0/s1. The largest absolute Gasteiger partial charge is 0.379 e. The molecule has 10 heteroatoms. The first-order valence-electron chi connectivity index (χ1n) is 9.23. The number of rotatable bonds is 7. The van der Waals surface area contributed by atoms with Crippen molar-refractivity contribution in [3.05, 3.63) is 33.8 Å². The fourth-order valence-electron chi connectivity index (χ4n) is 3.16. The molecule has 0 spiro atoms. The lowest BCUT2D eigenvalue weighted by atomic mass is 10.2. The second-order valence-corrected chi connectivity index (χ2v) is 9.88. The van der Waals surface area contributed by atoms with Gasteiger partial charge < -0.3 is 10.1 Å². The molecule has 2 aromatic rings. The van der Waals surface area contributed by atoms with Gasteiger partial charge in [-0.15, -0.1) is 11.3 Å². The first-order chi connectivity index (χ1) is 13.3. The van der Waals surface area contributed by atoms with Crippen LogP contribution in [0.1, 0.15) is 28.0 Å². The number of aryl methyl sites for hydroxylation is 2. The second-order valence-electron chi connectivity index (χ2n) is 7.05. The van der Waals surface area contributed by atoms with Crippen LogP contribution in [-0.4, -0.2) is 61.3 Å². The molecule has 2 aromatic heterocycles. The maximum Gasteiger partial charge on any atom is 0.262 e. The predicted molar refractivity (Wildman–Crippen MR) is 107 cm³/mol. The number of hydrogen-bond donors (Lipinski definition) is 1. The molecule has 28 heavy (non-hydrogen) atoms. The summed E-state index contributed by atoms with van der Waals surface area (Å²) in [6.45, 7) is 8.44. The molecule has 3 heterocycles. The summed E-state index contributed by atoms with van der Waals surface area (Å²) in [6, 6.07) is 3.52. The highest BCUT2D eigenvalue weighted by Gasteiger charge is 2.31. The fraction of sp³-hybridized carbons (Fsp3) is 0.556. The van der Waals surface area contributed by atoms with E-state index in [0.717, 1.165) is 22.7 Å². The van der Waals surface area contributed by atoms with Crippen molar-refractivity contribution in [3.63, 3.8) is 0 Å². The maximum atomic E-state index is 12.9. The molecule has 1 N–H and O–H groups in total. The van der Waals surface area contributed by atoms with Crippen molar-refractivity contribution < 1.29 is 17.9 Å². The van der Waals surface area contributed by atoms with E-state index < -0.39 is 10.0 Å². The van der Waals surface area contributed by atoms with Gasteiger partial charge in [0.25, 0.3) is 5.91 Å². The van der Waals surface area contributed by atoms with Crippen LogP contribution >= 0.6 is 11.3 Å². The van der Waals surface area contributed by atoms with Crippen LogP contribution in [-0.2, 0) is 21.3 Å². The van der Waals surface area contributed by atoms with Crippen LogP contribution < -0.4 is 5.32 Å². The Morgan fingerprint density at radius 3 is 2.71 bits per heavy atom. The smallest absolute Gasteiger partial charge is 0.262 e. The minimum absolute atomic E-state index is 0.0723. The van der Waals surface area contributed by atoms with Crippen molar-refractivity contribution in [3.8, 4) is 0 Å². The molecular formula is C18H26N4O4S2. The summed E-state index contributed by atoms with van der Waals surface area (Å²) in [7, 11) is -3.70. The number of hydrogen-bond acceptors (Lipinski definition) is 6.